The van der Waals surface area contributed by atoms with Crippen LogP contribution in [-0.4, -0.2) is 63.4 Å². The fourth-order valence-corrected chi connectivity index (χ4v) is 5.00. The van der Waals surface area contributed by atoms with Crippen molar-refractivity contribution < 1.29 is 31.5 Å². The maximum Gasteiger partial charge on any atom is 0.254 e. The van der Waals surface area contributed by atoms with Gasteiger partial charge in [0.1, 0.15) is 16.5 Å². The quantitative estimate of drug-likeness (QED) is 0.642. The molecule has 0 spiro atoms. The molecule has 31 heavy (non-hydrogen) atoms. The highest BCUT2D eigenvalue weighted by Crippen LogP contribution is 2.36. The van der Waals surface area contributed by atoms with Crippen LogP contribution in [0.25, 0.3) is 0 Å². The van der Waals surface area contributed by atoms with E-state index in [0.717, 1.165) is 16.4 Å². The van der Waals surface area contributed by atoms with Crippen molar-refractivity contribution in [2.75, 3.05) is 39.9 Å². The van der Waals surface area contributed by atoms with Crippen LogP contribution in [0, 0.1) is 11.6 Å². The Balaban J connectivity index is 1.75. The van der Waals surface area contributed by atoms with E-state index in [9.17, 15) is 22.0 Å². The number of carbonyl (C=O) groups is 1. The molecule has 11 heteroatoms. The molecule has 3 rings (SSSR count). The van der Waals surface area contributed by atoms with E-state index in [1.807, 2.05) is 0 Å². The number of halogens is 3. The molecule has 7 nitrogen and oxygen atoms in total. The van der Waals surface area contributed by atoms with E-state index in [2.05, 4.69) is 0 Å². The van der Waals surface area contributed by atoms with Crippen LogP contribution in [-0.2, 0) is 10.0 Å². The lowest BCUT2D eigenvalue weighted by atomic mass is 10.1. The molecule has 0 N–H and O–H groups in total. The van der Waals surface area contributed by atoms with Gasteiger partial charge in [0.15, 0.2) is 11.5 Å². The van der Waals surface area contributed by atoms with Gasteiger partial charge in [0, 0.05) is 37.8 Å². The average Bonchev–Trinajstić information content (AvgIpc) is 2.74. The van der Waals surface area contributed by atoms with E-state index in [-0.39, 0.29) is 42.7 Å². The van der Waals surface area contributed by atoms with Crippen molar-refractivity contribution in [2.45, 2.75) is 11.8 Å². The van der Waals surface area contributed by atoms with Crippen LogP contribution in [0.2, 0.25) is 5.02 Å². The van der Waals surface area contributed by atoms with Crippen molar-refractivity contribution in [1.82, 2.24) is 9.21 Å². The maximum atomic E-state index is 14.0. The molecule has 2 aromatic rings. The molecule has 0 aliphatic carbocycles. The number of methoxy groups -OCH3 is 1. The van der Waals surface area contributed by atoms with Crippen LogP contribution in [0.1, 0.15) is 17.3 Å². The summed E-state index contributed by atoms with van der Waals surface area (Å²) in [6, 6.07) is 5.28. The first-order valence-corrected chi connectivity index (χ1v) is 11.3. The van der Waals surface area contributed by atoms with Crippen LogP contribution in [0.3, 0.4) is 0 Å². The maximum absolute atomic E-state index is 14.0. The third-order valence-electron chi connectivity index (χ3n) is 4.80. The monoisotopic (exact) mass is 474 g/mol. The molecule has 2 aromatic carbocycles. The highest BCUT2D eigenvalue weighted by atomic mass is 35.5. The Kier molecular flexibility index (Phi) is 7.03. The van der Waals surface area contributed by atoms with E-state index < -0.39 is 26.6 Å². The van der Waals surface area contributed by atoms with Crippen molar-refractivity contribution >= 4 is 27.5 Å². The van der Waals surface area contributed by atoms with Gasteiger partial charge in [0.25, 0.3) is 5.91 Å². The molecule has 0 bridgehead atoms. The second kappa shape index (κ2) is 9.37. The van der Waals surface area contributed by atoms with Gasteiger partial charge in [-0.05, 0) is 31.2 Å². The number of benzene rings is 2. The summed E-state index contributed by atoms with van der Waals surface area (Å²) in [5.41, 5.74) is 0.270. The van der Waals surface area contributed by atoms with Crippen molar-refractivity contribution in [3.63, 3.8) is 0 Å². The highest BCUT2D eigenvalue weighted by Gasteiger charge is 2.32. The Morgan fingerprint density at radius 3 is 2.39 bits per heavy atom. The Hall–Kier alpha value is -2.43. The molecule has 0 saturated carbocycles. The smallest absolute Gasteiger partial charge is 0.254 e. The summed E-state index contributed by atoms with van der Waals surface area (Å²) >= 11 is 6.23. The lowest BCUT2D eigenvalue weighted by Gasteiger charge is -2.34. The van der Waals surface area contributed by atoms with E-state index in [4.69, 9.17) is 21.1 Å². The van der Waals surface area contributed by atoms with Crippen LogP contribution in [0.4, 0.5) is 8.78 Å². The lowest BCUT2D eigenvalue weighted by molar-refractivity contribution is 0.0697. The standard InChI is InChI=1S/C20H21ClF2N2O5S/c1-3-30-19-15(21)10-13(11-17(19)29-2)20(26)24-6-8-25(9-7-24)31(27,28)18-5-4-14(22)12-16(18)23/h4-5,10-12H,3,6-9H2,1-2H3. The van der Waals surface area contributed by atoms with Gasteiger partial charge in [-0.1, -0.05) is 11.6 Å². The number of carbonyl (C=O) groups excluding carboxylic acids is 1. The predicted molar refractivity (Wildman–Crippen MR) is 110 cm³/mol. The molecule has 1 aliphatic heterocycles. The summed E-state index contributed by atoms with van der Waals surface area (Å²) in [6.07, 6.45) is 0. The van der Waals surface area contributed by atoms with Crippen molar-refractivity contribution in [3.05, 3.63) is 52.6 Å². The minimum absolute atomic E-state index is 0.0349. The third kappa shape index (κ3) is 4.76. The second-order valence-electron chi connectivity index (χ2n) is 6.69. The summed E-state index contributed by atoms with van der Waals surface area (Å²) in [6.45, 7) is 2.27. The second-order valence-corrected chi connectivity index (χ2v) is 9.01. The van der Waals surface area contributed by atoms with E-state index >= 15 is 0 Å². The Bertz CT molecular complexity index is 1090. The Labute approximate surface area is 184 Å². The lowest BCUT2D eigenvalue weighted by Crippen LogP contribution is -2.50. The molecular formula is C20H21ClF2N2O5S. The summed E-state index contributed by atoms with van der Waals surface area (Å²) in [4.78, 5) is 13.8. The number of sulfonamides is 1. The molecule has 0 aromatic heterocycles. The van der Waals surface area contributed by atoms with Gasteiger partial charge in [0.05, 0.1) is 18.7 Å². The Morgan fingerprint density at radius 1 is 1.13 bits per heavy atom. The number of piperazine rings is 1. The predicted octanol–water partition coefficient (Wildman–Crippen LogP) is 3.17. The van der Waals surface area contributed by atoms with Crippen LogP contribution >= 0.6 is 11.6 Å². The molecule has 0 radical (unpaired) electrons. The highest BCUT2D eigenvalue weighted by molar-refractivity contribution is 7.89. The van der Waals surface area contributed by atoms with Crippen molar-refractivity contribution in [2.24, 2.45) is 0 Å². The van der Waals surface area contributed by atoms with E-state index in [1.54, 1.807) is 6.92 Å². The van der Waals surface area contributed by atoms with Gasteiger partial charge in [-0.25, -0.2) is 17.2 Å². The van der Waals surface area contributed by atoms with Gasteiger partial charge in [0.2, 0.25) is 10.0 Å². The fraction of sp³-hybridized carbons (Fsp3) is 0.350. The first kappa shape index (κ1) is 23.2. The number of nitrogens with zero attached hydrogens (tertiary/aromatic N) is 2. The molecule has 1 amide bonds. The summed E-state index contributed by atoms with van der Waals surface area (Å²) < 4.78 is 64.3. The van der Waals surface area contributed by atoms with E-state index in [1.165, 1.54) is 24.1 Å². The van der Waals surface area contributed by atoms with E-state index in [0.29, 0.717) is 24.2 Å². The molecule has 1 heterocycles. The minimum atomic E-state index is -4.16. The van der Waals surface area contributed by atoms with Gasteiger partial charge in [-0.3, -0.25) is 4.79 Å². The molecular weight excluding hydrogens is 454 g/mol. The number of amides is 1. The van der Waals surface area contributed by atoms with Crippen LogP contribution in [0.5, 0.6) is 11.5 Å². The topological polar surface area (TPSA) is 76.2 Å². The first-order chi connectivity index (χ1) is 14.7. The number of rotatable bonds is 6. The number of hydrogen-bond acceptors (Lipinski definition) is 5. The zero-order valence-electron chi connectivity index (χ0n) is 16.9. The molecule has 1 saturated heterocycles. The van der Waals surface area contributed by atoms with Gasteiger partial charge < -0.3 is 14.4 Å². The third-order valence-corrected chi connectivity index (χ3v) is 7.02. The van der Waals surface area contributed by atoms with Crippen molar-refractivity contribution in [1.29, 1.82) is 0 Å². The minimum Gasteiger partial charge on any atom is -0.493 e. The molecule has 0 atom stereocenters. The largest absolute Gasteiger partial charge is 0.493 e. The van der Waals surface area contributed by atoms with Gasteiger partial charge in [-0.2, -0.15) is 4.31 Å². The van der Waals surface area contributed by atoms with Crippen LogP contribution in [0.15, 0.2) is 35.2 Å². The molecule has 0 unspecified atom stereocenters. The molecule has 1 fully saturated rings. The Morgan fingerprint density at radius 2 is 1.81 bits per heavy atom. The fourth-order valence-electron chi connectivity index (χ4n) is 3.27. The summed E-state index contributed by atoms with van der Waals surface area (Å²) in [5, 5.41) is 0.220. The normalized spacial score (nSPS) is 15.1. The van der Waals surface area contributed by atoms with Gasteiger partial charge >= 0.3 is 0 Å². The van der Waals surface area contributed by atoms with Gasteiger partial charge in [-0.15, -0.1) is 0 Å². The SMILES string of the molecule is CCOc1c(Cl)cc(C(=O)N2CCN(S(=O)(=O)c3ccc(F)cc3F)CC2)cc1OC. The number of ether oxygens (including phenoxy) is 2. The number of hydrogen-bond donors (Lipinski definition) is 0. The summed E-state index contributed by atoms with van der Waals surface area (Å²) in [7, 11) is -2.73. The first-order valence-electron chi connectivity index (χ1n) is 9.43. The molecule has 1 aliphatic rings. The average molecular weight is 475 g/mol. The zero-order valence-corrected chi connectivity index (χ0v) is 18.5. The zero-order chi connectivity index (χ0) is 22.8. The summed E-state index contributed by atoms with van der Waals surface area (Å²) in [5.74, 6) is -1.73. The van der Waals surface area contributed by atoms with Crippen LogP contribution < -0.4 is 9.47 Å². The molecule has 168 valence electrons. The van der Waals surface area contributed by atoms with Crippen molar-refractivity contribution in [3.8, 4) is 11.5 Å².